The molecule has 36 heavy (non-hydrogen) atoms. The minimum Gasteiger partial charge on any atom is -0.492 e. The third-order valence-electron chi connectivity index (χ3n) is 5.09. The van der Waals surface area contributed by atoms with Crippen LogP contribution in [0.25, 0.3) is 0 Å². The van der Waals surface area contributed by atoms with E-state index < -0.39 is 11.9 Å². The minimum absolute atomic E-state index is 0.0114. The molecule has 2 amide bonds. The molecule has 0 fully saturated rings. The van der Waals surface area contributed by atoms with Crippen molar-refractivity contribution in [2.45, 2.75) is 26.1 Å². The van der Waals surface area contributed by atoms with Gasteiger partial charge in [0, 0.05) is 38.1 Å². The summed E-state index contributed by atoms with van der Waals surface area (Å²) in [5, 5.41) is 9.49. The molecular formula is C24H27F3N6O3. The second-order valence-corrected chi connectivity index (χ2v) is 8.06. The average Bonchev–Trinajstić information content (AvgIpc) is 3.26. The number of alkyl halides is 3. The number of hydrogen-bond acceptors (Lipinski definition) is 6. The zero-order valence-electron chi connectivity index (χ0n) is 19.9. The smallest absolute Gasteiger partial charge is 0.433 e. The van der Waals surface area contributed by atoms with Crippen LogP contribution < -0.4 is 15.4 Å². The van der Waals surface area contributed by atoms with Crippen LogP contribution in [-0.2, 0) is 22.3 Å². The van der Waals surface area contributed by atoms with Gasteiger partial charge in [-0.2, -0.15) is 18.3 Å². The molecule has 0 radical (unpaired) electrons. The number of carbonyl (C=O) groups excluding carboxylic acids is 2. The number of benzene rings is 1. The highest BCUT2D eigenvalue weighted by atomic mass is 19.4. The topological polar surface area (TPSA) is 101 Å². The minimum atomic E-state index is -4.54. The number of hydrogen-bond donors (Lipinski definition) is 2. The maximum absolute atomic E-state index is 12.7. The summed E-state index contributed by atoms with van der Waals surface area (Å²) in [5.74, 6) is 0.197. The molecule has 3 aromatic rings. The number of aromatic nitrogens is 3. The standard InChI is InChI=1S/C24H27F3N6O3/c1-17-3-5-20(6-4-17)36-12-11-32(2)23(35)16-33-15-19(14-30-33)31-22(34)8-10-28-18-7-9-29-21(13-18)24(25,26)27/h3-7,9,13-15H,8,10-12,16H2,1-2H3,(H,28,29)(H,31,34). The summed E-state index contributed by atoms with van der Waals surface area (Å²) >= 11 is 0. The maximum atomic E-state index is 12.7. The zero-order chi connectivity index (χ0) is 26.1. The van der Waals surface area contributed by atoms with Gasteiger partial charge in [0.1, 0.15) is 24.6 Å². The van der Waals surface area contributed by atoms with Crippen LogP contribution in [0.5, 0.6) is 5.75 Å². The predicted octanol–water partition coefficient (Wildman–Crippen LogP) is 3.58. The third kappa shape index (κ3) is 8.29. The molecule has 0 saturated carbocycles. The van der Waals surface area contributed by atoms with Crippen LogP contribution >= 0.6 is 0 Å². The number of nitrogens with one attached hydrogen (secondary N) is 2. The van der Waals surface area contributed by atoms with Crippen LogP contribution in [-0.4, -0.2) is 58.2 Å². The number of carbonyl (C=O) groups is 2. The molecule has 0 spiro atoms. The Kier molecular flexibility index (Phi) is 8.87. The maximum Gasteiger partial charge on any atom is 0.433 e. The first kappa shape index (κ1) is 26.5. The Bertz CT molecular complexity index is 1160. The van der Waals surface area contributed by atoms with Crippen LogP contribution in [0.4, 0.5) is 24.5 Å². The van der Waals surface area contributed by atoms with E-state index in [1.807, 2.05) is 31.2 Å². The highest BCUT2D eigenvalue weighted by molar-refractivity contribution is 5.90. The molecule has 2 heterocycles. The average molecular weight is 505 g/mol. The second kappa shape index (κ2) is 12.0. The van der Waals surface area contributed by atoms with Gasteiger partial charge in [0.15, 0.2) is 0 Å². The fourth-order valence-corrected chi connectivity index (χ4v) is 3.07. The number of anilines is 2. The molecule has 2 N–H and O–H groups in total. The van der Waals surface area contributed by atoms with Crippen LogP contribution in [0.3, 0.4) is 0 Å². The van der Waals surface area contributed by atoms with Crippen LogP contribution in [0.1, 0.15) is 17.7 Å². The number of nitrogens with zero attached hydrogens (tertiary/aromatic N) is 4. The van der Waals surface area contributed by atoms with Gasteiger partial charge in [0.05, 0.1) is 18.4 Å². The largest absolute Gasteiger partial charge is 0.492 e. The first-order valence-corrected chi connectivity index (χ1v) is 11.1. The molecule has 0 atom stereocenters. The Balaban J connectivity index is 1.38. The van der Waals surface area contributed by atoms with Crippen molar-refractivity contribution in [1.29, 1.82) is 0 Å². The molecule has 3 rings (SSSR count). The quantitative estimate of drug-likeness (QED) is 0.414. The fourth-order valence-electron chi connectivity index (χ4n) is 3.07. The monoisotopic (exact) mass is 504 g/mol. The van der Waals surface area contributed by atoms with E-state index in [0.29, 0.717) is 18.8 Å². The summed E-state index contributed by atoms with van der Waals surface area (Å²) in [6, 6.07) is 9.90. The lowest BCUT2D eigenvalue weighted by atomic mass is 10.2. The highest BCUT2D eigenvalue weighted by Crippen LogP contribution is 2.28. The van der Waals surface area contributed by atoms with Gasteiger partial charge in [0.2, 0.25) is 11.8 Å². The van der Waals surface area contributed by atoms with Crippen molar-refractivity contribution in [3.05, 3.63) is 66.2 Å². The Labute approximate surface area is 206 Å². The summed E-state index contributed by atoms with van der Waals surface area (Å²) in [7, 11) is 1.67. The summed E-state index contributed by atoms with van der Waals surface area (Å²) in [6.07, 6.45) is -0.538. The van der Waals surface area contributed by atoms with E-state index in [4.69, 9.17) is 4.74 Å². The van der Waals surface area contributed by atoms with Crippen molar-refractivity contribution in [2.75, 3.05) is 37.4 Å². The molecule has 0 aliphatic carbocycles. The Morgan fingerprint density at radius 2 is 1.89 bits per heavy atom. The summed E-state index contributed by atoms with van der Waals surface area (Å²) in [6.45, 7) is 2.84. The molecule has 1 aromatic carbocycles. The Morgan fingerprint density at radius 3 is 2.61 bits per heavy atom. The number of aryl methyl sites for hydroxylation is 1. The SMILES string of the molecule is Cc1ccc(OCCN(C)C(=O)Cn2cc(NC(=O)CCNc3ccnc(C(F)(F)F)c3)cn2)cc1. The lowest BCUT2D eigenvalue weighted by molar-refractivity contribution is -0.141. The lowest BCUT2D eigenvalue weighted by Gasteiger charge is -2.17. The first-order valence-electron chi connectivity index (χ1n) is 11.1. The van der Waals surface area contributed by atoms with E-state index in [9.17, 15) is 22.8 Å². The highest BCUT2D eigenvalue weighted by Gasteiger charge is 2.32. The summed E-state index contributed by atoms with van der Waals surface area (Å²) in [5.41, 5.74) is 0.739. The van der Waals surface area contributed by atoms with E-state index >= 15 is 0 Å². The van der Waals surface area contributed by atoms with Gasteiger partial charge in [-0.05, 0) is 31.2 Å². The molecule has 0 aliphatic heterocycles. The Morgan fingerprint density at radius 1 is 1.14 bits per heavy atom. The van der Waals surface area contributed by atoms with E-state index in [0.717, 1.165) is 23.6 Å². The number of amides is 2. The van der Waals surface area contributed by atoms with E-state index in [2.05, 4.69) is 20.7 Å². The number of rotatable bonds is 11. The van der Waals surface area contributed by atoms with Crippen molar-refractivity contribution in [3.8, 4) is 5.75 Å². The van der Waals surface area contributed by atoms with Gasteiger partial charge in [-0.25, -0.2) is 0 Å². The van der Waals surface area contributed by atoms with E-state index in [1.54, 1.807) is 7.05 Å². The predicted molar refractivity (Wildman–Crippen MR) is 128 cm³/mol. The van der Waals surface area contributed by atoms with Crippen molar-refractivity contribution in [2.24, 2.45) is 0 Å². The van der Waals surface area contributed by atoms with E-state index in [1.165, 1.54) is 28.0 Å². The van der Waals surface area contributed by atoms with Crippen molar-refractivity contribution < 1.29 is 27.5 Å². The summed E-state index contributed by atoms with van der Waals surface area (Å²) in [4.78, 5) is 29.4. The number of likely N-dealkylation sites (N-methyl/N-ethyl adjacent to an activating group) is 1. The molecule has 12 heteroatoms. The Hall–Kier alpha value is -4.09. The lowest BCUT2D eigenvalue weighted by Crippen LogP contribution is -2.33. The van der Waals surface area contributed by atoms with Crippen molar-refractivity contribution >= 4 is 23.2 Å². The molecule has 9 nitrogen and oxygen atoms in total. The molecule has 192 valence electrons. The van der Waals surface area contributed by atoms with Crippen LogP contribution in [0.15, 0.2) is 55.0 Å². The molecular weight excluding hydrogens is 477 g/mol. The number of pyridine rings is 1. The molecule has 0 bridgehead atoms. The van der Waals surface area contributed by atoms with E-state index in [-0.39, 0.29) is 37.0 Å². The number of halogens is 3. The zero-order valence-corrected chi connectivity index (χ0v) is 19.9. The molecule has 2 aromatic heterocycles. The molecule has 0 saturated heterocycles. The number of ether oxygens (including phenoxy) is 1. The summed E-state index contributed by atoms with van der Waals surface area (Å²) < 4.78 is 45.2. The van der Waals surface area contributed by atoms with Crippen molar-refractivity contribution in [3.63, 3.8) is 0 Å². The molecule has 0 unspecified atom stereocenters. The second-order valence-electron chi connectivity index (χ2n) is 8.06. The van der Waals surface area contributed by atoms with Gasteiger partial charge >= 0.3 is 6.18 Å². The fraction of sp³-hybridized carbons (Fsp3) is 0.333. The van der Waals surface area contributed by atoms with Gasteiger partial charge in [-0.1, -0.05) is 17.7 Å². The van der Waals surface area contributed by atoms with Crippen LogP contribution in [0.2, 0.25) is 0 Å². The normalized spacial score (nSPS) is 11.1. The molecule has 0 aliphatic rings. The third-order valence-corrected chi connectivity index (χ3v) is 5.09. The van der Waals surface area contributed by atoms with Crippen molar-refractivity contribution in [1.82, 2.24) is 19.7 Å². The first-order chi connectivity index (χ1) is 17.1. The van der Waals surface area contributed by atoms with Gasteiger partial charge in [-0.3, -0.25) is 19.3 Å². The van der Waals surface area contributed by atoms with Gasteiger partial charge in [-0.15, -0.1) is 0 Å². The van der Waals surface area contributed by atoms with Gasteiger partial charge in [0.25, 0.3) is 0 Å². The van der Waals surface area contributed by atoms with Gasteiger partial charge < -0.3 is 20.3 Å². The van der Waals surface area contributed by atoms with Crippen LogP contribution in [0, 0.1) is 6.92 Å².